The van der Waals surface area contributed by atoms with Gasteiger partial charge in [-0.25, -0.2) is 4.98 Å². The highest BCUT2D eigenvalue weighted by Crippen LogP contribution is 2.29. The van der Waals surface area contributed by atoms with E-state index in [-0.39, 0.29) is 42.2 Å². The number of likely N-dealkylation sites (tertiary alicyclic amines) is 1. The third-order valence-corrected chi connectivity index (χ3v) is 5.90. The fourth-order valence-corrected chi connectivity index (χ4v) is 4.06. The van der Waals surface area contributed by atoms with Crippen LogP contribution < -0.4 is 10.5 Å². The Hall–Kier alpha value is -1.34. The molecule has 156 valence electrons. The maximum absolute atomic E-state index is 12.7. The third kappa shape index (κ3) is 5.83. The van der Waals surface area contributed by atoms with Gasteiger partial charge in [-0.05, 0) is 43.0 Å². The Morgan fingerprint density at radius 3 is 2.61 bits per heavy atom. The van der Waals surface area contributed by atoms with Crippen molar-refractivity contribution >= 4 is 42.1 Å². The molecule has 1 fully saturated rings. The number of nitrogens with two attached hydrogens (primary N) is 1. The van der Waals surface area contributed by atoms with E-state index in [2.05, 4.69) is 18.8 Å². The molecule has 1 atom stereocenters. The zero-order valence-corrected chi connectivity index (χ0v) is 19.0. The summed E-state index contributed by atoms with van der Waals surface area (Å²) in [5.41, 5.74) is 8.00. The highest BCUT2D eigenvalue weighted by atomic mass is 35.5. The molecule has 2 heterocycles. The molecule has 8 heteroatoms. The van der Waals surface area contributed by atoms with E-state index >= 15 is 0 Å². The Morgan fingerprint density at radius 2 is 2.00 bits per heavy atom. The van der Waals surface area contributed by atoms with Crippen LogP contribution in [0.3, 0.4) is 0 Å². The summed E-state index contributed by atoms with van der Waals surface area (Å²) in [7, 11) is 0. The number of thiazole rings is 1. The molecule has 1 aliphatic heterocycles. The number of carbonyl (C=O) groups is 1. The number of rotatable bonds is 5. The Bertz CT molecular complexity index is 765. The van der Waals surface area contributed by atoms with Crippen LogP contribution in [0.2, 0.25) is 0 Å². The number of halogens is 2. The molecule has 3 rings (SSSR count). The van der Waals surface area contributed by atoms with Crippen molar-refractivity contribution < 1.29 is 9.53 Å². The van der Waals surface area contributed by atoms with E-state index in [0.29, 0.717) is 19.6 Å². The van der Waals surface area contributed by atoms with E-state index in [1.54, 1.807) is 11.3 Å². The number of nitrogens with zero attached hydrogens (tertiary/aromatic N) is 2. The number of amides is 1. The van der Waals surface area contributed by atoms with E-state index in [1.165, 1.54) is 0 Å². The molecule has 0 bridgehead atoms. The van der Waals surface area contributed by atoms with Gasteiger partial charge in [0.15, 0.2) is 0 Å². The predicted octanol–water partition coefficient (Wildman–Crippen LogP) is 4.18. The minimum atomic E-state index is -0.0382. The molecule has 1 aromatic heterocycles. The highest BCUT2D eigenvalue weighted by molar-refractivity contribution is 7.13. The first-order valence-corrected chi connectivity index (χ1v) is 9.98. The normalized spacial score (nSPS) is 18.0. The lowest BCUT2D eigenvalue weighted by molar-refractivity contribution is -0.133. The topological polar surface area (TPSA) is 68.5 Å². The number of hydrogen-bond acceptors (Lipinski definition) is 5. The monoisotopic (exact) mass is 445 g/mol. The van der Waals surface area contributed by atoms with Crippen molar-refractivity contribution in [3.8, 4) is 16.3 Å². The Kier molecular flexibility index (Phi) is 9.21. The van der Waals surface area contributed by atoms with Crippen LogP contribution in [0.1, 0.15) is 32.9 Å². The molecule has 0 spiro atoms. The summed E-state index contributed by atoms with van der Waals surface area (Å²) in [6.07, 6.45) is 1.20. The molecule has 2 N–H and O–H groups in total. The molecule has 2 aromatic rings. The fraction of sp³-hybridized carbons (Fsp3) is 0.500. The van der Waals surface area contributed by atoms with Gasteiger partial charge in [0.05, 0.1) is 18.7 Å². The van der Waals surface area contributed by atoms with E-state index in [1.807, 2.05) is 41.5 Å². The summed E-state index contributed by atoms with van der Waals surface area (Å²) in [6, 6.07) is 8.06. The van der Waals surface area contributed by atoms with Crippen molar-refractivity contribution in [2.24, 2.45) is 11.1 Å². The molecule has 0 radical (unpaired) electrons. The quantitative estimate of drug-likeness (QED) is 0.748. The number of benzene rings is 1. The molecule has 1 aliphatic rings. The van der Waals surface area contributed by atoms with Gasteiger partial charge in [0, 0.05) is 30.1 Å². The average molecular weight is 446 g/mol. The van der Waals surface area contributed by atoms with Gasteiger partial charge in [0.25, 0.3) is 0 Å². The molecule has 28 heavy (non-hydrogen) atoms. The van der Waals surface area contributed by atoms with Gasteiger partial charge in [0.2, 0.25) is 5.91 Å². The molecule has 0 saturated carbocycles. The van der Waals surface area contributed by atoms with Crippen LogP contribution in [0.25, 0.3) is 10.6 Å². The Balaban J connectivity index is 0.00000196. The van der Waals surface area contributed by atoms with Crippen LogP contribution in [0.5, 0.6) is 5.75 Å². The van der Waals surface area contributed by atoms with Gasteiger partial charge in [-0.3, -0.25) is 4.79 Å². The largest absolute Gasteiger partial charge is 0.494 e. The van der Waals surface area contributed by atoms with E-state index < -0.39 is 0 Å². The van der Waals surface area contributed by atoms with Crippen molar-refractivity contribution in [3.63, 3.8) is 0 Å². The van der Waals surface area contributed by atoms with Crippen LogP contribution in [0.15, 0.2) is 29.6 Å². The minimum Gasteiger partial charge on any atom is -0.494 e. The molecule has 0 aliphatic carbocycles. The predicted molar refractivity (Wildman–Crippen MR) is 120 cm³/mol. The SMILES string of the molecule is CCOc1ccc(-c2nc(CC(=O)N3CCC(N)C(C)(C)C3)cs2)cc1.Cl.Cl. The van der Waals surface area contributed by atoms with E-state index in [0.717, 1.165) is 35.0 Å². The van der Waals surface area contributed by atoms with Crippen LogP contribution >= 0.6 is 36.2 Å². The molecule has 5 nitrogen and oxygen atoms in total. The standard InChI is InChI=1S/C20H27N3O2S.2ClH/c1-4-25-16-7-5-14(6-8-16)19-22-15(12-26-19)11-18(24)23-10-9-17(21)20(2,3)13-23;;/h5-8,12,17H,4,9-11,13,21H2,1-3H3;2*1H. The summed E-state index contributed by atoms with van der Waals surface area (Å²) in [4.78, 5) is 19.2. The number of piperidine rings is 1. The number of aromatic nitrogens is 1. The smallest absolute Gasteiger partial charge is 0.228 e. The second-order valence-electron chi connectivity index (χ2n) is 7.48. The maximum atomic E-state index is 12.7. The van der Waals surface area contributed by atoms with Crippen molar-refractivity contribution in [1.82, 2.24) is 9.88 Å². The lowest BCUT2D eigenvalue weighted by Gasteiger charge is -2.42. The summed E-state index contributed by atoms with van der Waals surface area (Å²) < 4.78 is 5.47. The summed E-state index contributed by atoms with van der Waals surface area (Å²) >= 11 is 1.57. The van der Waals surface area contributed by atoms with Crippen LogP contribution in [0, 0.1) is 5.41 Å². The molecular formula is C20H29Cl2N3O2S. The number of carbonyl (C=O) groups excluding carboxylic acids is 1. The number of ether oxygens (including phenoxy) is 1. The van der Waals surface area contributed by atoms with Gasteiger partial charge >= 0.3 is 0 Å². The van der Waals surface area contributed by atoms with Gasteiger partial charge in [-0.2, -0.15) is 0 Å². The van der Waals surface area contributed by atoms with Gasteiger partial charge in [0.1, 0.15) is 10.8 Å². The van der Waals surface area contributed by atoms with E-state index in [4.69, 9.17) is 10.5 Å². The molecule has 1 unspecified atom stereocenters. The second-order valence-corrected chi connectivity index (χ2v) is 8.34. The molecular weight excluding hydrogens is 417 g/mol. The first-order valence-electron chi connectivity index (χ1n) is 9.10. The molecule has 1 aromatic carbocycles. The lowest BCUT2D eigenvalue weighted by Crippen LogP contribution is -2.54. The van der Waals surface area contributed by atoms with Crippen LogP contribution in [0.4, 0.5) is 0 Å². The van der Waals surface area contributed by atoms with Crippen molar-refractivity contribution in [2.75, 3.05) is 19.7 Å². The summed E-state index contributed by atoms with van der Waals surface area (Å²) in [5.74, 6) is 0.989. The first kappa shape index (κ1) is 24.7. The maximum Gasteiger partial charge on any atom is 0.228 e. The lowest BCUT2D eigenvalue weighted by atomic mass is 9.79. The summed E-state index contributed by atoms with van der Waals surface area (Å²) in [5, 5.41) is 2.90. The fourth-order valence-electron chi connectivity index (χ4n) is 3.23. The molecule has 1 amide bonds. The summed E-state index contributed by atoms with van der Waals surface area (Å²) in [6.45, 7) is 8.33. The zero-order chi connectivity index (χ0) is 18.7. The van der Waals surface area contributed by atoms with Gasteiger partial charge in [-0.1, -0.05) is 13.8 Å². The third-order valence-electron chi connectivity index (χ3n) is 4.96. The minimum absolute atomic E-state index is 0. The average Bonchev–Trinajstić information content (AvgIpc) is 3.06. The first-order chi connectivity index (χ1) is 12.4. The Morgan fingerprint density at radius 1 is 1.32 bits per heavy atom. The molecule has 1 saturated heterocycles. The highest BCUT2D eigenvalue weighted by Gasteiger charge is 2.35. The zero-order valence-electron chi connectivity index (χ0n) is 16.5. The van der Waals surface area contributed by atoms with Crippen molar-refractivity contribution in [1.29, 1.82) is 0 Å². The second kappa shape index (κ2) is 10.4. The Labute approximate surface area is 183 Å². The van der Waals surface area contributed by atoms with Gasteiger partial charge in [-0.15, -0.1) is 36.2 Å². The van der Waals surface area contributed by atoms with Crippen molar-refractivity contribution in [2.45, 2.75) is 39.7 Å². The van der Waals surface area contributed by atoms with Gasteiger partial charge < -0.3 is 15.4 Å². The van der Waals surface area contributed by atoms with Crippen molar-refractivity contribution in [3.05, 3.63) is 35.3 Å². The van der Waals surface area contributed by atoms with Crippen LogP contribution in [-0.4, -0.2) is 41.5 Å². The number of hydrogen-bond donors (Lipinski definition) is 1. The van der Waals surface area contributed by atoms with E-state index in [9.17, 15) is 4.79 Å². The van der Waals surface area contributed by atoms with Crippen LogP contribution in [-0.2, 0) is 11.2 Å².